The van der Waals surface area contributed by atoms with Gasteiger partial charge in [-0.05, 0) is 61.2 Å². The van der Waals surface area contributed by atoms with E-state index < -0.39 is 26.8 Å². The zero-order chi connectivity index (χ0) is 21.7. The normalized spacial score (nSPS) is 12.4. The maximum absolute atomic E-state index is 13.6. The van der Waals surface area contributed by atoms with Crippen LogP contribution in [-0.4, -0.2) is 27.5 Å². The molecule has 0 saturated carbocycles. The molecule has 3 rings (SSSR count). The lowest BCUT2D eigenvalue weighted by atomic mass is 10.2. The Balaban J connectivity index is 1.72. The number of ether oxygens (including phenoxy) is 1. The molecule has 0 aliphatic carbocycles. The first kappa shape index (κ1) is 22.0. The predicted octanol–water partition coefficient (Wildman–Crippen LogP) is 4.21. The van der Waals surface area contributed by atoms with E-state index in [0.717, 1.165) is 11.6 Å². The van der Waals surface area contributed by atoms with Gasteiger partial charge in [-0.3, -0.25) is 4.79 Å². The second-order valence-electron chi connectivity index (χ2n) is 6.87. The lowest BCUT2D eigenvalue weighted by Crippen LogP contribution is -2.34. The summed E-state index contributed by atoms with van der Waals surface area (Å²) in [5.74, 6) is -0.342. The van der Waals surface area contributed by atoms with Gasteiger partial charge in [-0.2, -0.15) is 0 Å². The minimum Gasteiger partial charge on any atom is -0.484 e. The fraction of sp³-hybridized carbons (Fsp3) is 0.227. The third-order valence-electron chi connectivity index (χ3n) is 4.57. The Morgan fingerprint density at radius 3 is 2.50 bits per heavy atom. The first-order chi connectivity index (χ1) is 14.3. The zero-order valence-electron chi connectivity index (χ0n) is 16.6. The molecule has 0 aliphatic heterocycles. The van der Waals surface area contributed by atoms with Gasteiger partial charge in [-0.25, -0.2) is 12.8 Å². The summed E-state index contributed by atoms with van der Waals surface area (Å²) in [5, 5.41) is 3.44. The molecule has 158 valence electrons. The van der Waals surface area contributed by atoms with Crippen molar-refractivity contribution in [3.05, 3.63) is 81.8 Å². The average molecular weight is 448 g/mol. The number of aryl methyl sites for hydroxylation is 2. The first-order valence-electron chi connectivity index (χ1n) is 9.27. The van der Waals surface area contributed by atoms with Crippen molar-refractivity contribution in [2.24, 2.45) is 0 Å². The van der Waals surface area contributed by atoms with Crippen molar-refractivity contribution >= 4 is 27.1 Å². The van der Waals surface area contributed by atoms with Gasteiger partial charge in [0.2, 0.25) is 0 Å². The highest BCUT2D eigenvalue weighted by atomic mass is 32.2. The highest BCUT2D eigenvalue weighted by molar-refractivity contribution is 7.91. The van der Waals surface area contributed by atoms with E-state index in [1.165, 1.54) is 30.4 Å². The molecule has 2 aromatic carbocycles. The Labute approximate surface area is 179 Å². The van der Waals surface area contributed by atoms with E-state index >= 15 is 0 Å². The highest BCUT2D eigenvalue weighted by Crippen LogP contribution is 2.32. The second kappa shape index (κ2) is 9.40. The summed E-state index contributed by atoms with van der Waals surface area (Å²) in [6, 6.07) is 14.4. The molecule has 5 nitrogen and oxygen atoms in total. The van der Waals surface area contributed by atoms with E-state index in [9.17, 15) is 17.6 Å². The van der Waals surface area contributed by atoms with Crippen LogP contribution in [0.15, 0.2) is 64.9 Å². The fourth-order valence-corrected chi connectivity index (χ4v) is 5.70. The summed E-state index contributed by atoms with van der Waals surface area (Å²) < 4.78 is 45.5. The molecule has 3 aromatic rings. The van der Waals surface area contributed by atoms with Gasteiger partial charge < -0.3 is 10.1 Å². The first-order valence-corrected chi connectivity index (χ1v) is 11.7. The molecule has 0 saturated heterocycles. The molecule has 30 heavy (non-hydrogen) atoms. The lowest BCUT2D eigenvalue weighted by molar-refractivity contribution is -0.123. The van der Waals surface area contributed by atoms with Crippen LogP contribution >= 0.6 is 11.3 Å². The molecule has 1 heterocycles. The van der Waals surface area contributed by atoms with Crippen molar-refractivity contribution in [2.45, 2.75) is 24.0 Å². The number of sulfone groups is 1. The Morgan fingerprint density at radius 2 is 1.87 bits per heavy atom. The van der Waals surface area contributed by atoms with Crippen LogP contribution in [0.1, 0.15) is 21.3 Å². The van der Waals surface area contributed by atoms with Crippen LogP contribution in [0.25, 0.3) is 0 Å². The number of carbonyl (C=O) groups is 1. The summed E-state index contributed by atoms with van der Waals surface area (Å²) in [4.78, 5) is 12.9. The van der Waals surface area contributed by atoms with E-state index in [0.29, 0.717) is 10.6 Å². The number of benzene rings is 2. The van der Waals surface area contributed by atoms with Gasteiger partial charge in [0.15, 0.2) is 16.4 Å². The second-order valence-corrected chi connectivity index (χ2v) is 9.98. The van der Waals surface area contributed by atoms with Gasteiger partial charge in [-0.15, -0.1) is 11.3 Å². The average Bonchev–Trinajstić information content (AvgIpc) is 3.24. The maximum atomic E-state index is 13.6. The Hall–Kier alpha value is -2.71. The van der Waals surface area contributed by atoms with E-state index in [1.807, 2.05) is 19.1 Å². The van der Waals surface area contributed by atoms with Crippen LogP contribution in [0.5, 0.6) is 5.75 Å². The third kappa shape index (κ3) is 5.25. The standard InChI is InChI=1S/C22H22FNO4S2/c1-15-5-7-17(8-6-15)28-14-22(25)24-13-21(20-4-3-11-29-20)30(26,27)18-9-10-19(23)16(2)12-18/h3-12,21H,13-14H2,1-2H3,(H,24,25). The van der Waals surface area contributed by atoms with Crippen LogP contribution < -0.4 is 10.1 Å². The van der Waals surface area contributed by atoms with Gasteiger partial charge in [0.05, 0.1) is 4.90 Å². The van der Waals surface area contributed by atoms with Gasteiger partial charge in [0.25, 0.3) is 5.91 Å². The molecule has 1 amide bonds. The smallest absolute Gasteiger partial charge is 0.257 e. The molecule has 8 heteroatoms. The fourth-order valence-electron chi connectivity index (χ4n) is 2.84. The highest BCUT2D eigenvalue weighted by Gasteiger charge is 2.31. The zero-order valence-corrected chi connectivity index (χ0v) is 18.2. The van der Waals surface area contributed by atoms with E-state index in [1.54, 1.807) is 29.6 Å². The number of halogens is 1. The van der Waals surface area contributed by atoms with Gasteiger partial charge in [0.1, 0.15) is 16.8 Å². The minimum atomic E-state index is -3.84. The number of carbonyl (C=O) groups excluding carboxylic acids is 1. The molecular weight excluding hydrogens is 425 g/mol. The van der Waals surface area contributed by atoms with Crippen molar-refractivity contribution in [3.63, 3.8) is 0 Å². The molecule has 0 radical (unpaired) electrons. The minimum absolute atomic E-state index is 0.0185. The molecular formula is C22H22FNO4S2. The largest absolute Gasteiger partial charge is 0.484 e. The molecule has 1 unspecified atom stereocenters. The molecule has 0 spiro atoms. The molecule has 0 fully saturated rings. The topological polar surface area (TPSA) is 72.5 Å². The number of rotatable bonds is 8. The lowest BCUT2D eigenvalue weighted by Gasteiger charge is -2.18. The molecule has 1 aromatic heterocycles. The number of nitrogens with one attached hydrogen (secondary N) is 1. The Morgan fingerprint density at radius 1 is 1.13 bits per heavy atom. The van der Waals surface area contributed by atoms with Crippen LogP contribution in [-0.2, 0) is 14.6 Å². The van der Waals surface area contributed by atoms with Crippen molar-refractivity contribution in [1.82, 2.24) is 5.32 Å². The summed E-state index contributed by atoms with van der Waals surface area (Å²) in [7, 11) is -3.84. The number of thiophene rings is 1. The van der Waals surface area contributed by atoms with Crippen LogP contribution in [0, 0.1) is 19.7 Å². The maximum Gasteiger partial charge on any atom is 0.257 e. The van der Waals surface area contributed by atoms with Crippen molar-refractivity contribution in [3.8, 4) is 5.75 Å². The summed E-state index contributed by atoms with van der Waals surface area (Å²) in [6.07, 6.45) is 0. The van der Waals surface area contributed by atoms with Crippen molar-refractivity contribution in [1.29, 1.82) is 0 Å². The predicted molar refractivity (Wildman–Crippen MR) is 115 cm³/mol. The van der Waals surface area contributed by atoms with E-state index in [-0.39, 0.29) is 23.6 Å². The quantitative estimate of drug-likeness (QED) is 0.525. The third-order valence-corrected chi connectivity index (χ3v) is 7.78. The SMILES string of the molecule is Cc1ccc(OCC(=O)NCC(c2cccs2)S(=O)(=O)c2ccc(F)c(C)c2)cc1. The van der Waals surface area contributed by atoms with Gasteiger partial charge in [0, 0.05) is 11.4 Å². The van der Waals surface area contributed by atoms with Crippen molar-refractivity contribution in [2.75, 3.05) is 13.2 Å². The number of hydrogen-bond acceptors (Lipinski definition) is 5. The molecule has 0 aliphatic rings. The van der Waals surface area contributed by atoms with E-state index in [2.05, 4.69) is 5.32 Å². The van der Waals surface area contributed by atoms with Crippen molar-refractivity contribution < 1.29 is 22.3 Å². The van der Waals surface area contributed by atoms with Gasteiger partial charge >= 0.3 is 0 Å². The molecule has 0 bridgehead atoms. The number of amides is 1. The molecule has 1 atom stereocenters. The van der Waals surface area contributed by atoms with E-state index in [4.69, 9.17) is 4.74 Å². The Bertz CT molecular complexity index is 1110. The Kier molecular flexibility index (Phi) is 6.89. The van der Waals surface area contributed by atoms with Crippen LogP contribution in [0.3, 0.4) is 0 Å². The number of hydrogen-bond donors (Lipinski definition) is 1. The van der Waals surface area contributed by atoms with Crippen LogP contribution in [0.2, 0.25) is 0 Å². The van der Waals surface area contributed by atoms with Gasteiger partial charge in [-0.1, -0.05) is 23.8 Å². The van der Waals surface area contributed by atoms with Crippen LogP contribution in [0.4, 0.5) is 4.39 Å². The molecule has 1 N–H and O–H groups in total. The summed E-state index contributed by atoms with van der Waals surface area (Å²) in [6.45, 7) is 3.12. The monoisotopic (exact) mass is 447 g/mol. The summed E-state index contributed by atoms with van der Waals surface area (Å²) in [5.41, 5.74) is 1.32. The summed E-state index contributed by atoms with van der Waals surface area (Å²) >= 11 is 1.29.